The highest BCUT2D eigenvalue weighted by molar-refractivity contribution is 5.76. The molecule has 0 saturated heterocycles. The van der Waals surface area contributed by atoms with Gasteiger partial charge in [-0.15, -0.1) is 0 Å². The number of rotatable bonds is 8. The summed E-state index contributed by atoms with van der Waals surface area (Å²) in [6.07, 6.45) is 0. The summed E-state index contributed by atoms with van der Waals surface area (Å²) >= 11 is 0. The molecule has 0 unspecified atom stereocenters. The van der Waals surface area contributed by atoms with Gasteiger partial charge in [0.05, 0.1) is 19.8 Å². The van der Waals surface area contributed by atoms with Crippen LogP contribution in [0.2, 0.25) is 0 Å². The van der Waals surface area contributed by atoms with Crippen LogP contribution in [-0.2, 0) is 14.3 Å². The van der Waals surface area contributed by atoms with Crippen LogP contribution in [0.1, 0.15) is 0 Å². The van der Waals surface area contributed by atoms with Gasteiger partial charge in [0.15, 0.2) is 0 Å². The second-order valence-electron chi connectivity index (χ2n) is 2.44. The Bertz CT molecular complexity index is 131. The Balaban J connectivity index is 2.95. The lowest BCUT2D eigenvalue weighted by Gasteiger charge is -2.04. The molecule has 1 amide bonds. The van der Waals surface area contributed by atoms with E-state index in [1.54, 1.807) is 7.05 Å². The highest BCUT2D eigenvalue weighted by atomic mass is 16.5. The number of hydrogen-bond acceptors (Lipinski definition) is 4. The molecule has 0 aliphatic carbocycles. The van der Waals surface area contributed by atoms with Crippen LogP contribution in [0.5, 0.6) is 0 Å². The quantitative estimate of drug-likeness (QED) is 0.481. The van der Waals surface area contributed by atoms with Gasteiger partial charge in [-0.3, -0.25) is 4.79 Å². The first kappa shape index (κ1) is 12.3. The number of carbonyl (C=O) groups excluding carboxylic acids is 1. The predicted molar refractivity (Wildman–Crippen MR) is 49.6 cm³/mol. The lowest BCUT2D eigenvalue weighted by molar-refractivity contribution is -0.125. The second kappa shape index (κ2) is 9.44. The normalized spacial score (nSPS) is 10.0. The van der Waals surface area contributed by atoms with Gasteiger partial charge in [0, 0.05) is 13.6 Å². The van der Waals surface area contributed by atoms with Crippen molar-refractivity contribution in [2.45, 2.75) is 0 Å². The van der Waals surface area contributed by atoms with E-state index in [4.69, 9.17) is 9.47 Å². The average Bonchev–Trinajstić information content (AvgIpc) is 2.16. The molecule has 0 aromatic carbocycles. The highest BCUT2D eigenvalue weighted by Crippen LogP contribution is 1.78. The Morgan fingerprint density at radius 1 is 1.15 bits per heavy atom. The van der Waals surface area contributed by atoms with Gasteiger partial charge in [0.1, 0.15) is 6.61 Å². The molecule has 0 aliphatic rings. The van der Waals surface area contributed by atoms with Gasteiger partial charge in [0.2, 0.25) is 5.91 Å². The summed E-state index contributed by atoms with van der Waals surface area (Å²) in [5.74, 6) is -0.116. The SMILES string of the molecule is CNCCOCCOCC(=O)NC. The topological polar surface area (TPSA) is 59.6 Å². The van der Waals surface area contributed by atoms with Gasteiger partial charge in [-0.05, 0) is 7.05 Å². The van der Waals surface area contributed by atoms with E-state index in [0.717, 1.165) is 6.54 Å². The fourth-order valence-corrected chi connectivity index (χ4v) is 0.631. The first-order valence-electron chi connectivity index (χ1n) is 4.32. The highest BCUT2D eigenvalue weighted by Gasteiger charge is 1.96. The minimum absolute atomic E-state index is 0.103. The van der Waals surface area contributed by atoms with E-state index in [1.165, 1.54) is 0 Å². The number of ether oxygens (including phenoxy) is 2. The molecule has 0 rings (SSSR count). The lowest BCUT2D eigenvalue weighted by Crippen LogP contribution is -2.24. The fraction of sp³-hybridized carbons (Fsp3) is 0.875. The van der Waals surface area contributed by atoms with Gasteiger partial charge in [0.25, 0.3) is 0 Å². The molecule has 0 atom stereocenters. The van der Waals surface area contributed by atoms with Crippen LogP contribution < -0.4 is 10.6 Å². The maximum absolute atomic E-state index is 10.7. The summed E-state index contributed by atoms with van der Waals surface area (Å²) in [5.41, 5.74) is 0. The van der Waals surface area contributed by atoms with Crippen molar-refractivity contribution >= 4 is 5.91 Å². The van der Waals surface area contributed by atoms with Crippen molar-refractivity contribution in [3.63, 3.8) is 0 Å². The molecule has 0 fully saturated rings. The standard InChI is InChI=1S/C8H18N2O3/c1-9-3-4-12-5-6-13-7-8(11)10-2/h9H,3-7H2,1-2H3,(H,10,11). The third-order valence-electron chi connectivity index (χ3n) is 1.38. The first-order chi connectivity index (χ1) is 6.31. The van der Waals surface area contributed by atoms with Gasteiger partial charge < -0.3 is 20.1 Å². The first-order valence-corrected chi connectivity index (χ1v) is 4.32. The van der Waals surface area contributed by atoms with Crippen LogP contribution >= 0.6 is 0 Å². The number of nitrogens with one attached hydrogen (secondary N) is 2. The van der Waals surface area contributed by atoms with E-state index in [-0.39, 0.29) is 12.5 Å². The van der Waals surface area contributed by atoms with Crippen molar-refractivity contribution in [3.8, 4) is 0 Å². The zero-order valence-corrected chi connectivity index (χ0v) is 8.26. The molecular formula is C8H18N2O3. The van der Waals surface area contributed by atoms with Crippen molar-refractivity contribution in [1.29, 1.82) is 0 Å². The maximum atomic E-state index is 10.7. The smallest absolute Gasteiger partial charge is 0.245 e. The lowest BCUT2D eigenvalue weighted by atomic mass is 10.6. The fourth-order valence-electron chi connectivity index (χ4n) is 0.631. The van der Waals surface area contributed by atoms with Crippen LogP contribution in [-0.4, -0.2) is 53.0 Å². The summed E-state index contributed by atoms with van der Waals surface area (Å²) in [6, 6.07) is 0. The Labute approximate surface area is 78.8 Å². The van der Waals surface area contributed by atoms with E-state index in [2.05, 4.69) is 10.6 Å². The third kappa shape index (κ3) is 9.26. The number of likely N-dealkylation sites (N-methyl/N-ethyl adjacent to an activating group) is 2. The zero-order valence-electron chi connectivity index (χ0n) is 8.26. The summed E-state index contributed by atoms with van der Waals surface area (Å²) in [5, 5.41) is 5.42. The van der Waals surface area contributed by atoms with Crippen molar-refractivity contribution in [3.05, 3.63) is 0 Å². The van der Waals surface area contributed by atoms with E-state index in [9.17, 15) is 4.79 Å². The molecule has 0 aromatic rings. The van der Waals surface area contributed by atoms with Crippen molar-refractivity contribution < 1.29 is 14.3 Å². The van der Waals surface area contributed by atoms with Crippen LogP contribution in [0.3, 0.4) is 0 Å². The largest absolute Gasteiger partial charge is 0.378 e. The van der Waals surface area contributed by atoms with Crippen LogP contribution in [0.25, 0.3) is 0 Å². The summed E-state index contributed by atoms with van der Waals surface area (Å²) in [4.78, 5) is 10.7. The van der Waals surface area contributed by atoms with Crippen LogP contribution in [0.15, 0.2) is 0 Å². The third-order valence-corrected chi connectivity index (χ3v) is 1.38. The summed E-state index contributed by atoms with van der Waals surface area (Å²) < 4.78 is 10.2. The number of amides is 1. The monoisotopic (exact) mass is 190 g/mol. The second-order valence-corrected chi connectivity index (χ2v) is 2.44. The minimum atomic E-state index is -0.116. The molecule has 0 spiro atoms. The van der Waals surface area contributed by atoms with Crippen molar-refractivity contribution in [2.24, 2.45) is 0 Å². The Morgan fingerprint density at radius 2 is 1.85 bits per heavy atom. The number of carbonyl (C=O) groups is 1. The predicted octanol–water partition coefficient (Wildman–Crippen LogP) is -1.01. The Hall–Kier alpha value is -0.650. The molecular weight excluding hydrogens is 172 g/mol. The molecule has 0 heterocycles. The van der Waals surface area contributed by atoms with E-state index in [0.29, 0.717) is 19.8 Å². The van der Waals surface area contributed by atoms with Crippen molar-refractivity contribution in [1.82, 2.24) is 10.6 Å². The van der Waals surface area contributed by atoms with E-state index >= 15 is 0 Å². The van der Waals surface area contributed by atoms with Gasteiger partial charge >= 0.3 is 0 Å². The molecule has 0 aliphatic heterocycles. The molecule has 78 valence electrons. The average molecular weight is 190 g/mol. The number of hydrogen-bond donors (Lipinski definition) is 2. The van der Waals surface area contributed by atoms with Crippen molar-refractivity contribution in [2.75, 3.05) is 47.1 Å². The summed E-state index contributed by atoms with van der Waals surface area (Å²) in [6.45, 7) is 2.58. The molecule has 0 aromatic heterocycles. The van der Waals surface area contributed by atoms with Gasteiger partial charge in [-0.1, -0.05) is 0 Å². The Kier molecular flexibility index (Phi) is 8.97. The van der Waals surface area contributed by atoms with Crippen LogP contribution in [0, 0.1) is 0 Å². The zero-order chi connectivity index (χ0) is 9.94. The summed E-state index contributed by atoms with van der Waals surface area (Å²) in [7, 11) is 3.44. The van der Waals surface area contributed by atoms with E-state index < -0.39 is 0 Å². The molecule has 5 nitrogen and oxygen atoms in total. The molecule has 0 radical (unpaired) electrons. The molecule has 13 heavy (non-hydrogen) atoms. The molecule has 2 N–H and O–H groups in total. The molecule has 0 saturated carbocycles. The molecule has 0 bridgehead atoms. The van der Waals surface area contributed by atoms with Gasteiger partial charge in [-0.2, -0.15) is 0 Å². The minimum Gasteiger partial charge on any atom is -0.378 e. The molecule has 5 heteroatoms. The Morgan fingerprint density at radius 3 is 2.46 bits per heavy atom. The van der Waals surface area contributed by atoms with Crippen LogP contribution in [0.4, 0.5) is 0 Å². The van der Waals surface area contributed by atoms with E-state index in [1.807, 2.05) is 7.05 Å². The van der Waals surface area contributed by atoms with Gasteiger partial charge in [-0.25, -0.2) is 0 Å². The maximum Gasteiger partial charge on any atom is 0.245 e.